The van der Waals surface area contributed by atoms with Gasteiger partial charge < -0.3 is 15.1 Å². The van der Waals surface area contributed by atoms with Gasteiger partial charge in [0.1, 0.15) is 6.04 Å². The second-order valence-corrected chi connectivity index (χ2v) is 9.26. The normalized spacial score (nSPS) is 17.3. The average molecular weight is 518 g/mol. The number of anilines is 1. The molecule has 0 aliphatic carbocycles. The van der Waals surface area contributed by atoms with Gasteiger partial charge >= 0.3 is 0 Å². The van der Waals surface area contributed by atoms with Gasteiger partial charge in [0.05, 0.1) is 29.9 Å². The number of hydrogen-bond acceptors (Lipinski definition) is 5. The third-order valence-corrected chi connectivity index (χ3v) is 6.49. The molecule has 0 bridgehead atoms. The molecule has 1 saturated heterocycles. The summed E-state index contributed by atoms with van der Waals surface area (Å²) < 4.78 is 0.976. The number of rotatable bonds is 6. The summed E-state index contributed by atoms with van der Waals surface area (Å²) in [5, 5.41) is 14.5. The van der Waals surface area contributed by atoms with Crippen LogP contribution in [0.4, 0.5) is 5.69 Å². The van der Waals surface area contributed by atoms with Crippen LogP contribution in [0.15, 0.2) is 71.8 Å². The Labute approximate surface area is 206 Å². The SMILES string of the molecule is C=C(c1cc2ccc(Br)cc2cn1)N(C)CC(=O)N1CC(C(=O)Nc2ccccc2)CC1C#N. The predicted molar refractivity (Wildman–Crippen MR) is 135 cm³/mol. The number of amides is 2. The highest BCUT2D eigenvalue weighted by atomic mass is 79.9. The third-order valence-electron chi connectivity index (χ3n) is 6.00. The molecular weight excluding hydrogens is 494 g/mol. The summed E-state index contributed by atoms with van der Waals surface area (Å²) in [5.74, 6) is -0.856. The van der Waals surface area contributed by atoms with Gasteiger partial charge in [0.2, 0.25) is 11.8 Å². The van der Waals surface area contributed by atoms with E-state index in [-0.39, 0.29) is 24.9 Å². The summed E-state index contributed by atoms with van der Waals surface area (Å²) in [6, 6.07) is 18.6. The van der Waals surface area contributed by atoms with Gasteiger partial charge in [-0.25, -0.2) is 0 Å². The van der Waals surface area contributed by atoms with E-state index in [1.807, 2.05) is 42.5 Å². The Balaban J connectivity index is 1.40. The number of likely N-dealkylation sites (tertiary alicyclic amines) is 1. The summed E-state index contributed by atoms with van der Waals surface area (Å²) >= 11 is 3.46. The van der Waals surface area contributed by atoms with Gasteiger partial charge in [0, 0.05) is 35.3 Å². The number of para-hydroxylation sites is 1. The maximum Gasteiger partial charge on any atom is 0.243 e. The molecule has 1 N–H and O–H groups in total. The van der Waals surface area contributed by atoms with Gasteiger partial charge in [-0.15, -0.1) is 0 Å². The minimum atomic E-state index is -0.641. The van der Waals surface area contributed by atoms with Crippen molar-refractivity contribution in [2.24, 2.45) is 5.92 Å². The molecule has 0 radical (unpaired) electrons. The Kier molecular flexibility index (Phi) is 6.94. The average Bonchev–Trinajstić information content (AvgIpc) is 3.29. The molecule has 34 heavy (non-hydrogen) atoms. The molecular formula is C26H24BrN5O2. The number of nitrogens with one attached hydrogen (secondary N) is 1. The van der Waals surface area contributed by atoms with Crippen LogP contribution in [0.5, 0.6) is 0 Å². The Bertz CT molecular complexity index is 1290. The largest absolute Gasteiger partial charge is 0.364 e. The van der Waals surface area contributed by atoms with Gasteiger partial charge in [-0.2, -0.15) is 5.26 Å². The molecule has 2 amide bonds. The number of aromatic nitrogens is 1. The summed E-state index contributed by atoms with van der Waals surface area (Å²) in [6.45, 7) is 4.35. The smallest absolute Gasteiger partial charge is 0.243 e. The molecule has 2 atom stereocenters. The number of nitriles is 1. The number of carbonyl (C=O) groups is 2. The number of carbonyl (C=O) groups excluding carboxylic acids is 2. The predicted octanol–water partition coefficient (Wildman–Crippen LogP) is 4.28. The number of pyridine rings is 1. The van der Waals surface area contributed by atoms with E-state index in [1.54, 1.807) is 30.3 Å². The van der Waals surface area contributed by atoms with Gasteiger partial charge in [-0.1, -0.05) is 46.8 Å². The van der Waals surface area contributed by atoms with Gasteiger partial charge in [0.15, 0.2) is 0 Å². The van der Waals surface area contributed by atoms with Crippen molar-refractivity contribution in [3.8, 4) is 6.07 Å². The fraction of sp³-hybridized carbons (Fsp3) is 0.231. The van der Waals surface area contributed by atoms with Crippen molar-refractivity contribution < 1.29 is 9.59 Å². The molecule has 8 heteroatoms. The summed E-state index contributed by atoms with van der Waals surface area (Å²) in [6.07, 6.45) is 2.09. The lowest BCUT2D eigenvalue weighted by atomic mass is 10.1. The van der Waals surface area contributed by atoms with E-state index in [2.05, 4.69) is 38.9 Å². The van der Waals surface area contributed by atoms with Crippen molar-refractivity contribution in [2.45, 2.75) is 12.5 Å². The Hall–Kier alpha value is -3.70. The van der Waals surface area contributed by atoms with Gasteiger partial charge in [-0.3, -0.25) is 14.6 Å². The van der Waals surface area contributed by atoms with Crippen molar-refractivity contribution in [1.82, 2.24) is 14.8 Å². The van der Waals surface area contributed by atoms with Crippen LogP contribution in [0.3, 0.4) is 0 Å². The first-order valence-corrected chi connectivity index (χ1v) is 11.7. The zero-order chi connectivity index (χ0) is 24.2. The summed E-state index contributed by atoms with van der Waals surface area (Å²) in [4.78, 5) is 33.5. The van der Waals surface area contributed by atoms with Crippen molar-refractivity contribution in [2.75, 3.05) is 25.5 Å². The van der Waals surface area contributed by atoms with Crippen molar-refractivity contribution in [3.05, 3.63) is 77.5 Å². The Morgan fingerprint density at radius 2 is 2.00 bits per heavy atom. The van der Waals surface area contributed by atoms with E-state index in [0.717, 1.165) is 15.2 Å². The first kappa shape index (κ1) is 23.5. The number of fused-ring (bicyclic) bond motifs is 1. The topological polar surface area (TPSA) is 89.3 Å². The highest BCUT2D eigenvalue weighted by molar-refractivity contribution is 9.10. The van der Waals surface area contributed by atoms with Crippen LogP contribution < -0.4 is 5.32 Å². The lowest BCUT2D eigenvalue weighted by Gasteiger charge is -2.26. The number of halogens is 1. The van der Waals surface area contributed by atoms with Crippen molar-refractivity contribution in [3.63, 3.8) is 0 Å². The van der Waals surface area contributed by atoms with Crippen LogP contribution in [0.2, 0.25) is 0 Å². The van der Waals surface area contributed by atoms with Crippen LogP contribution >= 0.6 is 15.9 Å². The quantitative estimate of drug-likeness (QED) is 0.527. The number of likely N-dealkylation sites (N-methyl/N-ethyl adjacent to an activating group) is 1. The molecule has 0 spiro atoms. The van der Waals surface area contributed by atoms with Crippen LogP contribution in [0.25, 0.3) is 16.5 Å². The maximum absolute atomic E-state index is 13.1. The monoisotopic (exact) mass is 517 g/mol. The molecule has 1 aliphatic heterocycles. The van der Waals surface area contributed by atoms with Crippen LogP contribution in [0.1, 0.15) is 12.1 Å². The number of hydrogen-bond donors (Lipinski definition) is 1. The van der Waals surface area contributed by atoms with E-state index in [1.165, 1.54) is 4.90 Å². The number of nitrogens with zero attached hydrogens (tertiary/aromatic N) is 4. The maximum atomic E-state index is 13.1. The van der Waals surface area contributed by atoms with Crippen LogP contribution in [-0.2, 0) is 9.59 Å². The second kappa shape index (κ2) is 10.1. The molecule has 172 valence electrons. The van der Waals surface area contributed by atoms with Crippen molar-refractivity contribution in [1.29, 1.82) is 5.26 Å². The Morgan fingerprint density at radius 3 is 2.74 bits per heavy atom. The fourth-order valence-corrected chi connectivity index (χ4v) is 4.42. The highest BCUT2D eigenvalue weighted by Crippen LogP contribution is 2.26. The van der Waals surface area contributed by atoms with Gasteiger partial charge in [0.25, 0.3) is 0 Å². The Morgan fingerprint density at radius 1 is 1.24 bits per heavy atom. The number of benzene rings is 2. The molecule has 7 nitrogen and oxygen atoms in total. The van der Waals surface area contributed by atoms with E-state index in [4.69, 9.17) is 0 Å². The minimum Gasteiger partial charge on any atom is -0.364 e. The van der Waals surface area contributed by atoms with E-state index >= 15 is 0 Å². The molecule has 1 aliphatic rings. The molecule has 2 heterocycles. The fourth-order valence-electron chi connectivity index (χ4n) is 4.04. The molecule has 1 fully saturated rings. The first-order chi connectivity index (χ1) is 16.4. The zero-order valence-electron chi connectivity index (χ0n) is 18.7. The molecule has 4 rings (SSSR count). The lowest BCUT2D eigenvalue weighted by molar-refractivity contribution is -0.131. The molecule has 0 saturated carbocycles. The van der Waals surface area contributed by atoms with Gasteiger partial charge in [-0.05, 0) is 42.1 Å². The second-order valence-electron chi connectivity index (χ2n) is 8.34. The van der Waals surface area contributed by atoms with Crippen molar-refractivity contribution >= 4 is 49.9 Å². The minimum absolute atomic E-state index is 0.0318. The molecule has 3 aromatic rings. The first-order valence-electron chi connectivity index (χ1n) is 10.9. The summed E-state index contributed by atoms with van der Waals surface area (Å²) in [5.41, 5.74) is 1.96. The molecule has 2 unspecified atom stereocenters. The van der Waals surface area contributed by atoms with E-state index in [9.17, 15) is 14.9 Å². The van der Waals surface area contributed by atoms with Crippen LogP contribution in [0, 0.1) is 17.2 Å². The summed E-state index contributed by atoms with van der Waals surface area (Å²) in [7, 11) is 1.77. The molecule has 2 aromatic carbocycles. The van der Waals surface area contributed by atoms with E-state index in [0.29, 0.717) is 23.5 Å². The van der Waals surface area contributed by atoms with E-state index < -0.39 is 12.0 Å². The molecule has 1 aromatic heterocycles. The zero-order valence-corrected chi connectivity index (χ0v) is 20.3. The van der Waals surface area contributed by atoms with Crippen LogP contribution in [-0.4, -0.2) is 52.8 Å². The third kappa shape index (κ3) is 5.10. The standard InChI is InChI=1S/C26H24BrN5O2/c1-17(24-12-18-8-9-21(27)10-19(18)14-29-24)31(2)16-25(33)32-15-20(11-23(32)13-28)26(34)30-22-6-4-3-5-7-22/h3-10,12,14,20,23H,1,11,15-16H2,2H3,(H,30,34). The highest BCUT2D eigenvalue weighted by Gasteiger charge is 2.39. The lowest BCUT2D eigenvalue weighted by Crippen LogP contribution is -2.41.